The van der Waals surface area contributed by atoms with Crippen LogP contribution in [0, 0.1) is 5.92 Å². The highest BCUT2D eigenvalue weighted by molar-refractivity contribution is 6.35. The number of benzene rings is 1. The van der Waals surface area contributed by atoms with E-state index in [4.69, 9.17) is 27.9 Å². The number of carbonyl (C=O) groups is 3. The minimum absolute atomic E-state index is 0.0673. The Morgan fingerprint density at radius 1 is 1.07 bits per heavy atom. The number of ether oxygens (including phenoxy) is 1. The molecule has 1 unspecified atom stereocenters. The molecule has 0 aromatic heterocycles. The van der Waals surface area contributed by atoms with Gasteiger partial charge < -0.3 is 14.5 Å². The zero-order valence-electron chi connectivity index (χ0n) is 15.1. The lowest BCUT2D eigenvalue weighted by Gasteiger charge is -2.34. The molecule has 6 nitrogen and oxygen atoms in total. The molecule has 0 saturated carbocycles. The number of amides is 2. The van der Waals surface area contributed by atoms with Crippen LogP contribution in [0.3, 0.4) is 0 Å². The Balaban J connectivity index is 1.69. The molecule has 146 valence electrons. The van der Waals surface area contributed by atoms with Crippen molar-refractivity contribution in [1.29, 1.82) is 0 Å². The van der Waals surface area contributed by atoms with E-state index in [1.54, 1.807) is 21.9 Å². The lowest BCUT2D eigenvalue weighted by atomic mass is 9.96. The summed E-state index contributed by atoms with van der Waals surface area (Å²) in [7, 11) is 1.38. The molecule has 0 radical (unpaired) electrons. The molecule has 2 saturated heterocycles. The maximum Gasteiger partial charge on any atom is 0.308 e. The monoisotopic (exact) mass is 412 g/mol. The summed E-state index contributed by atoms with van der Waals surface area (Å²) < 4.78 is 4.78. The van der Waals surface area contributed by atoms with Gasteiger partial charge in [-0.25, -0.2) is 0 Å². The van der Waals surface area contributed by atoms with E-state index in [1.165, 1.54) is 13.2 Å². The first kappa shape index (κ1) is 20.0. The fourth-order valence-corrected chi connectivity index (χ4v) is 4.17. The zero-order chi connectivity index (χ0) is 19.6. The van der Waals surface area contributed by atoms with Crippen LogP contribution >= 0.6 is 23.2 Å². The van der Waals surface area contributed by atoms with E-state index in [0.29, 0.717) is 54.5 Å². The molecule has 0 spiro atoms. The summed E-state index contributed by atoms with van der Waals surface area (Å²) in [6, 6.07) is 4.25. The van der Waals surface area contributed by atoms with Crippen molar-refractivity contribution in [3.63, 3.8) is 0 Å². The van der Waals surface area contributed by atoms with E-state index in [-0.39, 0.29) is 23.7 Å². The SMILES string of the molecule is COC(=O)C1CCN(C(=O)C2CCCN2C(=O)c2cc(Cl)ccc2Cl)CC1. The Kier molecular flexibility index (Phi) is 6.27. The second-order valence-electron chi connectivity index (χ2n) is 6.90. The second kappa shape index (κ2) is 8.48. The van der Waals surface area contributed by atoms with E-state index in [9.17, 15) is 14.4 Å². The highest BCUT2D eigenvalue weighted by atomic mass is 35.5. The highest BCUT2D eigenvalue weighted by Gasteiger charge is 2.39. The molecular weight excluding hydrogens is 391 g/mol. The van der Waals surface area contributed by atoms with Gasteiger partial charge in [0.1, 0.15) is 6.04 Å². The molecule has 2 heterocycles. The first-order valence-corrected chi connectivity index (χ1v) is 9.80. The van der Waals surface area contributed by atoms with Crippen molar-refractivity contribution in [2.24, 2.45) is 5.92 Å². The molecule has 2 aliphatic heterocycles. The molecule has 8 heteroatoms. The van der Waals surface area contributed by atoms with Crippen molar-refractivity contribution in [1.82, 2.24) is 9.80 Å². The molecule has 0 aliphatic carbocycles. The highest BCUT2D eigenvalue weighted by Crippen LogP contribution is 2.28. The van der Waals surface area contributed by atoms with Crippen LogP contribution in [-0.2, 0) is 14.3 Å². The van der Waals surface area contributed by atoms with Gasteiger partial charge in [0.15, 0.2) is 0 Å². The molecule has 1 aromatic carbocycles. The predicted molar refractivity (Wildman–Crippen MR) is 102 cm³/mol. The van der Waals surface area contributed by atoms with Crippen molar-refractivity contribution in [3.05, 3.63) is 33.8 Å². The standard InChI is InChI=1S/C19H22Cl2N2O4/c1-27-19(26)12-6-9-22(10-7-12)18(25)16-3-2-8-23(16)17(24)14-11-13(20)4-5-15(14)21/h4-5,11-12,16H,2-3,6-10H2,1H3. The molecule has 2 amide bonds. The maximum absolute atomic E-state index is 13.0. The number of likely N-dealkylation sites (tertiary alicyclic amines) is 2. The largest absolute Gasteiger partial charge is 0.469 e. The molecule has 0 bridgehead atoms. The van der Waals surface area contributed by atoms with Gasteiger partial charge in [-0.15, -0.1) is 0 Å². The summed E-state index contributed by atoms with van der Waals surface area (Å²) in [5, 5.41) is 0.746. The number of halogens is 2. The summed E-state index contributed by atoms with van der Waals surface area (Å²) in [5.41, 5.74) is 0.313. The van der Waals surface area contributed by atoms with Gasteiger partial charge in [-0.05, 0) is 43.9 Å². The summed E-state index contributed by atoms with van der Waals surface area (Å²) in [6.07, 6.45) is 2.55. The van der Waals surface area contributed by atoms with Crippen LogP contribution in [0.15, 0.2) is 18.2 Å². The van der Waals surface area contributed by atoms with E-state index < -0.39 is 6.04 Å². The zero-order valence-corrected chi connectivity index (χ0v) is 16.6. The third kappa shape index (κ3) is 4.22. The quantitative estimate of drug-likeness (QED) is 0.715. The molecule has 2 fully saturated rings. The summed E-state index contributed by atoms with van der Waals surface area (Å²) in [6.45, 7) is 1.50. The van der Waals surface area contributed by atoms with Crippen molar-refractivity contribution < 1.29 is 19.1 Å². The number of esters is 1. The summed E-state index contributed by atoms with van der Waals surface area (Å²) in [4.78, 5) is 40.9. The van der Waals surface area contributed by atoms with E-state index in [0.717, 1.165) is 6.42 Å². The minimum atomic E-state index is -0.498. The number of hydrogen-bond donors (Lipinski definition) is 0. The molecule has 3 rings (SSSR count). The van der Waals surface area contributed by atoms with Crippen LogP contribution in [-0.4, -0.2) is 60.4 Å². The lowest BCUT2D eigenvalue weighted by Crippen LogP contribution is -2.50. The van der Waals surface area contributed by atoms with Gasteiger partial charge in [-0.2, -0.15) is 0 Å². The Morgan fingerprint density at radius 3 is 2.44 bits per heavy atom. The van der Waals surface area contributed by atoms with E-state index in [2.05, 4.69) is 0 Å². The number of piperidine rings is 1. The first-order chi connectivity index (χ1) is 12.9. The van der Waals surface area contributed by atoms with Gasteiger partial charge in [-0.3, -0.25) is 14.4 Å². The average Bonchev–Trinajstić information content (AvgIpc) is 3.18. The van der Waals surface area contributed by atoms with Crippen LogP contribution in [0.5, 0.6) is 0 Å². The number of carbonyl (C=O) groups excluding carboxylic acids is 3. The fraction of sp³-hybridized carbons (Fsp3) is 0.526. The second-order valence-corrected chi connectivity index (χ2v) is 7.75. The molecule has 1 aromatic rings. The Bertz CT molecular complexity index is 747. The number of rotatable bonds is 3. The molecule has 1 atom stereocenters. The van der Waals surface area contributed by atoms with E-state index in [1.807, 2.05) is 0 Å². The maximum atomic E-state index is 13.0. The third-order valence-electron chi connectivity index (χ3n) is 5.30. The lowest BCUT2D eigenvalue weighted by molar-refractivity contribution is -0.149. The van der Waals surface area contributed by atoms with Crippen LogP contribution in [0.25, 0.3) is 0 Å². The van der Waals surface area contributed by atoms with Crippen LogP contribution in [0.1, 0.15) is 36.0 Å². The van der Waals surface area contributed by atoms with Gasteiger partial charge in [0.2, 0.25) is 5.91 Å². The molecule has 2 aliphatic rings. The molecule has 0 N–H and O–H groups in total. The Labute approximate surface area is 168 Å². The first-order valence-electron chi connectivity index (χ1n) is 9.05. The Hall–Kier alpha value is -1.79. The van der Waals surface area contributed by atoms with Gasteiger partial charge in [0.05, 0.1) is 23.6 Å². The van der Waals surface area contributed by atoms with Crippen molar-refractivity contribution in [2.75, 3.05) is 26.7 Å². The van der Waals surface area contributed by atoms with Gasteiger partial charge in [-0.1, -0.05) is 23.2 Å². The van der Waals surface area contributed by atoms with E-state index >= 15 is 0 Å². The van der Waals surface area contributed by atoms with Crippen molar-refractivity contribution in [3.8, 4) is 0 Å². The van der Waals surface area contributed by atoms with Gasteiger partial charge in [0, 0.05) is 24.7 Å². The topological polar surface area (TPSA) is 66.9 Å². The normalized spacial score (nSPS) is 20.6. The number of hydrogen-bond acceptors (Lipinski definition) is 4. The average molecular weight is 413 g/mol. The Morgan fingerprint density at radius 2 is 1.78 bits per heavy atom. The predicted octanol–water partition coefficient (Wildman–Crippen LogP) is 3.01. The summed E-state index contributed by atoms with van der Waals surface area (Å²) >= 11 is 12.2. The van der Waals surface area contributed by atoms with Crippen LogP contribution in [0.4, 0.5) is 0 Å². The number of methoxy groups -OCH3 is 1. The van der Waals surface area contributed by atoms with Crippen LogP contribution < -0.4 is 0 Å². The van der Waals surface area contributed by atoms with Gasteiger partial charge >= 0.3 is 5.97 Å². The van der Waals surface area contributed by atoms with Crippen molar-refractivity contribution >= 4 is 41.0 Å². The van der Waals surface area contributed by atoms with Crippen LogP contribution in [0.2, 0.25) is 10.0 Å². The number of nitrogens with zero attached hydrogens (tertiary/aromatic N) is 2. The summed E-state index contributed by atoms with van der Waals surface area (Å²) in [5.74, 6) is -0.730. The molecule has 27 heavy (non-hydrogen) atoms. The fourth-order valence-electron chi connectivity index (χ4n) is 3.80. The minimum Gasteiger partial charge on any atom is -0.469 e. The van der Waals surface area contributed by atoms with Crippen molar-refractivity contribution in [2.45, 2.75) is 31.7 Å². The third-order valence-corrected chi connectivity index (χ3v) is 5.86. The smallest absolute Gasteiger partial charge is 0.308 e. The molecular formula is C19H22Cl2N2O4. The van der Waals surface area contributed by atoms with Gasteiger partial charge in [0.25, 0.3) is 5.91 Å².